The smallest absolute Gasteiger partial charge is 0.343 e. The van der Waals surface area contributed by atoms with E-state index >= 15 is 0 Å². The summed E-state index contributed by atoms with van der Waals surface area (Å²) in [6.07, 6.45) is 0. The third kappa shape index (κ3) is 5.59. The molecule has 0 aliphatic heterocycles. The Morgan fingerprint density at radius 3 is 1.96 bits per heavy atom. The molecule has 3 aromatic carbocycles. The van der Waals surface area contributed by atoms with Crippen LogP contribution in [0.5, 0.6) is 17.2 Å². The molecule has 0 spiro atoms. The van der Waals surface area contributed by atoms with Crippen LogP contribution in [0.15, 0.2) is 77.3 Å². The first-order valence-corrected chi connectivity index (χ1v) is 9.35. The predicted molar refractivity (Wildman–Crippen MR) is 107 cm³/mol. The lowest BCUT2D eigenvalue weighted by Crippen LogP contribution is -2.08. The van der Waals surface area contributed by atoms with Gasteiger partial charge in [-0.25, -0.2) is 4.79 Å². The molecular weight excluding hydrogens is 408 g/mol. The van der Waals surface area contributed by atoms with E-state index in [1.165, 1.54) is 0 Å². The van der Waals surface area contributed by atoms with Gasteiger partial charge in [-0.15, -0.1) is 0 Å². The van der Waals surface area contributed by atoms with Crippen LogP contribution < -0.4 is 14.2 Å². The molecule has 27 heavy (non-hydrogen) atoms. The topological polar surface area (TPSA) is 44.8 Å². The number of esters is 1. The molecule has 0 heterocycles. The zero-order valence-electron chi connectivity index (χ0n) is 14.9. The molecule has 5 heteroatoms. The van der Waals surface area contributed by atoms with E-state index in [0.29, 0.717) is 24.5 Å². The second-order valence-corrected chi connectivity index (χ2v) is 6.65. The monoisotopic (exact) mass is 426 g/mol. The minimum atomic E-state index is -0.403. The molecule has 0 amide bonds. The fourth-order valence-electron chi connectivity index (χ4n) is 2.37. The van der Waals surface area contributed by atoms with E-state index < -0.39 is 5.97 Å². The zero-order valence-corrected chi connectivity index (χ0v) is 16.4. The molecule has 0 saturated carbocycles. The van der Waals surface area contributed by atoms with Gasteiger partial charge >= 0.3 is 5.97 Å². The van der Waals surface area contributed by atoms with Crippen LogP contribution in [0.1, 0.15) is 22.8 Å². The van der Waals surface area contributed by atoms with E-state index in [0.717, 1.165) is 21.5 Å². The van der Waals surface area contributed by atoms with E-state index in [9.17, 15) is 4.79 Å². The second-order valence-electron chi connectivity index (χ2n) is 5.73. The van der Waals surface area contributed by atoms with Crippen LogP contribution in [-0.2, 0) is 6.61 Å². The van der Waals surface area contributed by atoms with Crippen LogP contribution in [0, 0.1) is 0 Å². The minimum Gasteiger partial charge on any atom is -0.494 e. The Labute approximate surface area is 166 Å². The maximum Gasteiger partial charge on any atom is 0.343 e. The molecule has 0 radical (unpaired) electrons. The number of carbonyl (C=O) groups excluding carboxylic acids is 1. The van der Waals surface area contributed by atoms with Gasteiger partial charge in [0.25, 0.3) is 0 Å². The largest absolute Gasteiger partial charge is 0.494 e. The van der Waals surface area contributed by atoms with Crippen molar-refractivity contribution in [3.05, 3.63) is 88.4 Å². The number of halogens is 1. The third-order valence-electron chi connectivity index (χ3n) is 3.75. The second kappa shape index (κ2) is 9.24. The highest BCUT2D eigenvalue weighted by molar-refractivity contribution is 9.10. The van der Waals surface area contributed by atoms with Crippen molar-refractivity contribution in [2.45, 2.75) is 13.5 Å². The molecule has 0 aromatic heterocycles. The van der Waals surface area contributed by atoms with E-state index in [2.05, 4.69) is 15.9 Å². The molecule has 3 aromatic rings. The van der Waals surface area contributed by atoms with Gasteiger partial charge in [0.05, 0.1) is 12.2 Å². The molecule has 0 saturated heterocycles. The Hall–Kier alpha value is -2.79. The van der Waals surface area contributed by atoms with Crippen LogP contribution in [0.25, 0.3) is 0 Å². The number of hydrogen-bond acceptors (Lipinski definition) is 4. The highest BCUT2D eigenvalue weighted by atomic mass is 79.9. The first kappa shape index (κ1) is 19.0. The minimum absolute atomic E-state index is 0.403. The molecule has 138 valence electrons. The van der Waals surface area contributed by atoms with Crippen molar-refractivity contribution in [3.63, 3.8) is 0 Å². The predicted octanol–water partition coefficient (Wildman–Crippen LogP) is 5.65. The summed E-state index contributed by atoms with van der Waals surface area (Å²) < 4.78 is 17.5. The third-order valence-corrected chi connectivity index (χ3v) is 4.28. The van der Waals surface area contributed by atoms with Crippen LogP contribution in [0.3, 0.4) is 0 Å². The number of benzene rings is 3. The Balaban J connectivity index is 1.55. The van der Waals surface area contributed by atoms with Crippen molar-refractivity contribution in [1.29, 1.82) is 0 Å². The summed E-state index contributed by atoms with van der Waals surface area (Å²) in [5.41, 5.74) is 1.45. The van der Waals surface area contributed by atoms with Crippen molar-refractivity contribution in [2.24, 2.45) is 0 Å². The van der Waals surface area contributed by atoms with Gasteiger partial charge in [-0.1, -0.05) is 28.1 Å². The molecule has 3 rings (SSSR count). The molecule has 0 fully saturated rings. The van der Waals surface area contributed by atoms with Gasteiger partial charge in [-0.05, 0) is 73.2 Å². The van der Waals surface area contributed by atoms with Crippen LogP contribution in [-0.4, -0.2) is 12.6 Å². The van der Waals surface area contributed by atoms with Gasteiger partial charge in [-0.3, -0.25) is 0 Å². The fraction of sp³-hybridized carbons (Fsp3) is 0.136. The summed E-state index contributed by atoms with van der Waals surface area (Å²) in [5.74, 6) is 1.61. The first-order valence-electron chi connectivity index (χ1n) is 8.56. The Kier molecular flexibility index (Phi) is 6.49. The Morgan fingerprint density at radius 1 is 0.778 bits per heavy atom. The summed E-state index contributed by atoms with van der Waals surface area (Å²) in [5, 5.41) is 0. The Bertz CT molecular complexity index is 872. The van der Waals surface area contributed by atoms with Crippen molar-refractivity contribution < 1.29 is 19.0 Å². The molecular formula is C22H19BrO4. The number of carbonyl (C=O) groups is 1. The van der Waals surface area contributed by atoms with E-state index in [4.69, 9.17) is 14.2 Å². The van der Waals surface area contributed by atoms with Crippen molar-refractivity contribution in [1.82, 2.24) is 0 Å². The SMILES string of the molecule is CCOc1ccc(OC(=O)c2ccc(COc3ccc(Br)cc3)cc2)cc1. The maximum absolute atomic E-state index is 12.3. The molecule has 0 aliphatic rings. The van der Waals surface area contributed by atoms with Gasteiger partial charge in [0, 0.05) is 4.47 Å². The summed E-state index contributed by atoms with van der Waals surface area (Å²) >= 11 is 3.39. The lowest BCUT2D eigenvalue weighted by molar-refractivity contribution is 0.0734. The van der Waals surface area contributed by atoms with Gasteiger partial charge in [-0.2, -0.15) is 0 Å². The van der Waals surface area contributed by atoms with Crippen molar-refractivity contribution >= 4 is 21.9 Å². The van der Waals surface area contributed by atoms with Crippen LogP contribution >= 0.6 is 15.9 Å². The van der Waals surface area contributed by atoms with Crippen LogP contribution in [0.4, 0.5) is 0 Å². The average molecular weight is 427 g/mol. The summed E-state index contributed by atoms with van der Waals surface area (Å²) in [6.45, 7) is 2.94. The normalized spacial score (nSPS) is 10.3. The summed E-state index contributed by atoms with van der Waals surface area (Å²) in [6, 6.07) is 21.8. The number of ether oxygens (including phenoxy) is 3. The number of hydrogen-bond donors (Lipinski definition) is 0. The van der Waals surface area contributed by atoms with Crippen LogP contribution in [0.2, 0.25) is 0 Å². The molecule has 0 N–H and O–H groups in total. The molecule has 0 aliphatic carbocycles. The van der Waals surface area contributed by atoms with Crippen molar-refractivity contribution in [2.75, 3.05) is 6.61 Å². The maximum atomic E-state index is 12.3. The highest BCUT2D eigenvalue weighted by Gasteiger charge is 2.09. The quantitative estimate of drug-likeness (QED) is 0.361. The zero-order chi connectivity index (χ0) is 19.1. The molecule has 0 unspecified atom stereocenters. The number of rotatable bonds is 7. The highest BCUT2D eigenvalue weighted by Crippen LogP contribution is 2.20. The fourth-order valence-corrected chi connectivity index (χ4v) is 2.64. The van der Waals surface area contributed by atoms with E-state index in [1.807, 2.05) is 43.3 Å². The summed E-state index contributed by atoms with van der Waals surface area (Å²) in [4.78, 5) is 12.3. The standard InChI is InChI=1S/C22H19BrO4/c1-2-25-19-11-13-21(14-12-19)27-22(24)17-5-3-16(4-6-17)15-26-20-9-7-18(23)8-10-20/h3-14H,2,15H2,1H3. The molecule has 0 atom stereocenters. The van der Waals surface area contributed by atoms with E-state index in [-0.39, 0.29) is 0 Å². The average Bonchev–Trinajstić information content (AvgIpc) is 2.70. The lowest BCUT2D eigenvalue weighted by Gasteiger charge is -2.08. The molecule has 4 nitrogen and oxygen atoms in total. The lowest BCUT2D eigenvalue weighted by atomic mass is 10.1. The Morgan fingerprint density at radius 2 is 1.33 bits per heavy atom. The van der Waals surface area contributed by atoms with Gasteiger partial charge in [0.15, 0.2) is 0 Å². The van der Waals surface area contributed by atoms with Crippen molar-refractivity contribution in [3.8, 4) is 17.2 Å². The van der Waals surface area contributed by atoms with Gasteiger partial charge < -0.3 is 14.2 Å². The van der Waals surface area contributed by atoms with Gasteiger partial charge in [0.1, 0.15) is 23.9 Å². The van der Waals surface area contributed by atoms with Gasteiger partial charge in [0.2, 0.25) is 0 Å². The summed E-state index contributed by atoms with van der Waals surface area (Å²) in [7, 11) is 0. The first-order chi connectivity index (χ1) is 13.1. The molecule has 0 bridgehead atoms. The van der Waals surface area contributed by atoms with E-state index in [1.54, 1.807) is 36.4 Å².